The first-order chi connectivity index (χ1) is 14.3. The van der Waals surface area contributed by atoms with Crippen molar-refractivity contribution in [1.82, 2.24) is 10.2 Å². The first-order valence-electron chi connectivity index (χ1n) is 10.1. The zero-order valence-electron chi connectivity index (χ0n) is 17.1. The van der Waals surface area contributed by atoms with E-state index in [1.807, 2.05) is 13.8 Å². The largest absolute Gasteiger partial charge is 0.459 e. The van der Waals surface area contributed by atoms with Gasteiger partial charge < -0.3 is 25.1 Å². The molecule has 0 spiro atoms. The molecule has 3 N–H and O–H groups in total. The Bertz CT molecular complexity index is 894. The van der Waals surface area contributed by atoms with Gasteiger partial charge in [0.05, 0.1) is 12.4 Å². The second kappa shape index (κ2) is 9.58. The van der Waals surface area contributed by atoms with Crippen LogP contribution in [0, 0.1) is 5.92 Å². The van der Waals surface area contributed by atoms with Crippen molar-refractivity contribution in [3.05, 3.63) is 54.0 Å². The van der Waals surface area contributed by atoms with Crippen molar-refractivity contribution >= 4 is 23.4 Å². The molecule has 1 aromatic carbocycles. The number of hydrogen-bond acceptors (Lipinski definition) is 5. The van der Waals surface area contributed by atoms with Gasteiger partial charge in [-0.25, -0.2) is 0 Å². The fourth-order valence-electron chi connectivity index (χ4n) is 3.43. The number of aliphatic hydroxyl groups is 1. The molecule has 3 amide bonds. The standard InChI is InChI=1S/C22H27N3O5/c1-14(2)19(24-20(27)18-9-5-11-30-18)21(28)23-16-7-3-6-15(12-16)22(29)25-10-4-8-17(26)13-25/h3,5-7,9,11-12,14,17,19,26H,4,8,10,13H2,1-2H3,(H,23,28)(H,24,27)/t17-,19-/m1/s1. The lowest BCUT2D eigenvalue weighted by atomic mass is 10.0. The number of β-amino-alcohol motifs (C(OH)–C–C–N with tert-alkyl or cyclic N) is 1. The van der Waals surface area contributed by atoms with E-state index in [1.165, 1.54) is 12.3 Å². The van der Waals surface area contributed by atoms with E-state index >= 15 is 0 Å². The van der Waals surface area contributed by atoms with E-state index < -0.39 is 18.1 Å². The number of aliphatic hydroxyl groups excluding tert-OH is 1. The molecule has 1 fully saturated rings. The third-order valence-electron chi connectivity index (χ3n) is 5.04. The van der Waals surface area contributed by atoms with Crippen LogP contribution in [0.1, 0.15) is 47.6 Å². The first-order valence-corrected chi connectivity index (χ1v) is 10.1. The summed E-state index contributed by atoms with van der Waals surface area (Å²) in [5.74, 6) is -1.07. The third kappa shape index (κ3) is 5.27. The molecule has 3 rings (SSSR count). The number of carbonyl (C=O) groups excluding carboxylic acids is 3. The van der Waals surface area contributed by atoms with Crippen LogP contribution in [-0.4, -0.2) is 53.0 Å². The molecule has 2 atom stereocenters. The van der Waals surface area contributed by atoms with Crippen LogP contribution < -0.4 is 10.6 Å². The lowest BCUT2D eigenvalue weighted by Crippen LogP contribution is -2.47. The smallest absolute Gasteiger partial charge is 0.287 e. The van der Waals surface area contributed by atoms with Crippen molar-refractivity contribution in [2.24, 2.45) is 5.92 Å². The predicted molar refractivity (Wildman–Crippen MR) is 111 cm³/mol. The summed E-state index contributed by atoms with van der Waals surface area (Å²) in [5, 5.41) is 15.3. The van der Waals surface area contributed by atoms with Crippen molar-refractivity contribution < 1.29 is 23.9 Å². The summed E-state index contributed by atoms with van der Waals surface area (Å²) in [6.45, 7) is 4.56. The van der Waals surface area contributed by atoms with Crippen molar-refractivity contribution in [3.63, 3.8) is 0 Å². The number of carbonyl (C=O) groups is 3. The third-order valence-corrected chi connectivity index (χ3v) is 5.04. The van der Waals surface area contributed by atoms with Crippen molar-refractivity contribution in [2.75, 3.05) is 18.4 Å². The average molecular weight is 413 g/mol. The fraction of sp³-hybridized carbons (Fsp3) is 0.409. The highest BCUT2D eigenvalue weighted by atomic mass is 16.3. The maximum atomic E-state index is 12.8. The fourth-order valence-corrected chi connectivity index (χ4v) is 3.43. The number of hydrogen-bond donors (Lipinski definition) is 3. The van der Waals surface area contributed by atoms with Crippen LogP contribution in [0.2, 0.25) is 0 Å². The van der Waals surface area contributed by atoms with Gasteiger partial charge in [-0.05, 0) is 49.1 Å². The normalized spacial score (nSPS) is 17.5. The second-order valence-corrected chi connectivity index (χ2v) is 7.79. The van der Waals surface area contributed by atoms with E-state index in [1.54, 1.807) is 35.2 Å². The number of furan rings is 1. The van der Waals surface area contributed by atoms with Gasteiger partial charge in [-0.2, -0.15) is 0 Å². The van der Waals surface area contributed by atoms with E-state index in [2.05, 4.69) is 10.6 Å². The summed E-state index contributed by atoms with van der Waals surface area (Å²) in [4.78, 5) is 39.4. The van der Waals surface area contributed by atoms with Gasteiger partial charge in [0.2, 0.25) is 5.91 Å². The predicted octanol–water partition coefficient (Wildman–Crippen LogP) is 2.27. The molecule has 8 heteroatoms. The molecule has 30 heavy (non-hydrogen) atoms. The number of rotatable bonds is 6. The highest BCUT2D eigenvalue weighted by Gasteiger charge is 2.27. The average Bonchev–Trinajstić information content (AvgIpc) is 3.26. The van der Waals surface area contributed by atoms with Gasteiger partial charge in [0.1, 0.15) is 6.04 Å². The van der Waals surface area contributed by atoms with Crippen molar-refractivity contribution in [2.45, 2.75) is 38.8 Å². The quantitative estimate of drug-likeness (QED) is 0.673. The molecule has 1 aliphatic heterocycles. The Morgan fingerprint density at radius 2 is 2.00 bits per heavy atom. The van der Waals surface area contributed by atoms with Crippen LogP contribution in [0.5, 0.6) is 0 Å². The highest BCUT2D eigenvalue weighted by Crippen LogP contribution is 2.18. The van der Waals surface area contributed by atoms with Gasteiger partial charge in [0, 0.05) is 24.3 Å². The molecule has 0 unspecified atom stereocenters. The van der Waals surface area contributed by atoms with Gasteiger partial charge in [0.15, 0.2) is 5.76 Å². The Labute approximate surface area is 175 Å². The summed E-state index contributed by atoms with van der Waals surface area (Å²) >= 11 is 0. The van der Waals surface area contributed by atoms with E-state index in [0.29, 0.717) is 30.8 Å². The molecule has 2 aromatic rings. The molecular weight excluding hydrogens is 386 g/mol. The van der Waals surface area contributed by atoms with Crippen LogP contribution in [-0.2, 0) is 4.79 Å². The van der Waals surface area contributed by atoms with E-state index in [9.17, 15) is 19.5 Å². The van der Waals surface area contributed by atoms with E-state index in [-0.39, 0.29) is 23.5 Å². The molecule has 0 saturated carbocycles. The first kappa shape index (κ1) is 21.6. The van der Waals surface area contributed by atoms with Crippen LogP contribution in [0.15, 0.2) is 47.1 Å². The number of anilines is 1. The Hall–Kier alpha value is -3.13. The van der Waals surface area contributed by atoms with Gasteiger partial charge in [-0.15, -0.1) is 0 Å². The SMILES string of the molecule is CC(C)[C@@H](NC(=O)c1ccco1)C(=O)Nc1cccc(C(=O)N2CCC[C@@H](O)C2)c1. The molecule has 0 aliphatic carbocycles. The topological polar surface area (TPSA) is 112 Å². The molecule has 0 bridgehead atoms. The Kier molecular flexibility index (Phi) is 6.89. The summed E-state index contributed by atoms with van der Waals surface area (Å²) in [6, 6.07) is 9.00. The minimum Gasteiger partial charge on any atom is -0.459 e. The minimum atomic E-state index is -0.779. The van der Waals surface area contributed by atoms with Crippen LogP contribution in [0.4, 0.5) is 5.69 Å². The van der Waals surface area contributed by atoms with Crippen molar-refractivity contribution in [3.8, 4) is 0 Å². The molecular formula is C22H27N3O5. The number of nitrogens with one attached hydrogen (secondary N) is 2. The maximum Gasteiger partial charge on any atom is 0.287 e. The van der Waals surface area contributed by atoms with Gasteiger partial charge in [-0.3, -0.25) is 14.4 Å². The molecule has 1 aromatic heterocycles. The second-order valence-electron chi connectivity index (χ2n) is 7.79. The van der Waals surface area contributed by atoms with Crippen LogP contribution in [0.25, 0.3) is 0 Å². The van der Waals surface area contributed by atoms with Crippen LogP contribution in [0.3, 0.4) is 0 Å². The number of likely N-dealkylation sites (tertiary alicyclic amines) is 1. The zero-order chi connectivity index (χ0) is 21.7. The summed E-state index contributed by atoms with van der Waals surface area (Å²) in [7, 11) is 0. The molecule has 1 aliphatic rings. The molecule has 8 nitrogen and oxygen atoms in total. The highest BCUT2D eigenvalue weighted by molar-refractivity contribution is 6.01. The zero-order valence-corrected chi connectivity index (χ0v) is 17.1. The molecule has 0 radical (unpaired) electrons. The Balaban J connectivity index is 1.68. The number of benzene rings is 1. The number of nitrogens with zero attached hydrogens (tertiary/aromatic N) is 1. The summed E-state index contributed by atoms with van der Waals surface area (Å²) in [5.41, 5.74) is 0.893. The summed E-state index contributed by atoms with van der Waals surface area (Å²) in [6.07, 6.45) is 2.34. The van der Waals surface area contributed by atoms with Crippen molar-refractivity contribution in [1.29, 1.82) is 0 Å². The van der Waals surface area contributed by atoms with Gasteiger partial charge >= 0.3 is 0 Å². The van der Waals surface area contributed by atoms with Gasteiger partial charge in [0.25, 0.3) is 11.8 Å². The molecule has 1 saturated heterocycles. The lowest BCUT2D eigenvalue weighted by molar-refractivity contribution is -0.118. The molecule has 160 valence electrons. The Morgan fingerprint density at radius 1 is 1.20 bits per heavy atom. The van der Waals surface area contributed by atoms with Gasteiger partial charge in [-0.1, -0.05) is 19.9 Å². The minimum absolute atomic E-state index is 0.129. The summed E-state index contributed by atoms with van der Waals surface area (Å²) < 4.78 is 5.08. The molecule has 2 heterocycles. The number of piperidine rings is 1. The van der Waals surface area contributed by atoms with Crippen LogP contribution >= 0.6 is 0 Å². The van der Waals surface area contributed by atoms with E-state index in [0.717, 1.165) is 6.42 Å². The Morgan fingerprint density at radius 3 is 2.67 bits per heavy atom. The monoisotopic (exact) mass is 413 g/mol. The lowest BCUT2D eigenvalue weighted by Gasteiger charge is -2.30. The van der Waals surface area contributed by atoms with E-state index in [4.69, 9.17) is 4.42 Å². The maximum absolute atomic E-state index is 12.8. The number of amides is 3.